The molecule has 3 aromatic carbocycles. The maximum absolute atomic E-state index is 13.1. The van der Waals surface area contributed by atoms with Crippen LogP contribution >= 0.6 is 11.6 Å². The Morgan fingerprint density at radius 2 is 1.55 bits per heavy atom. The molecular weight excluding hydrogens is 432 g/mol. The van der Waals surface area contributed by atoms with E-state index in [1.54, 1.807) is 0 Å². The van der Waals surface area contributed by atoms with E-state index in [4.69, 9.17) is 21.6 Å². The largest absolute Gasteiger partial charge is 0.353 e. The molecule has 6 heteroatoms. The Kier molecular flexibility index (Phi) is 5.73. The van der Waals surface area contributed by atoms with Gasteiger partial charge in [0.15, 0.2) is 5.82 Å². The summed E-state index contributed by atoms with van der Waals surface area (Å²) < 4.78 is 0. The molecule has 0 aliphatic carbocycles. The zero-order valence-electron chi connectivity index (χ0n) is 18.8. The summed E-state index contributed by atoms with van der Waals surface area (Å²) in [7, 11) is 0. The Morgan fingerprint density at radius 1 is 0.848 bits per heavy atom. The van der Waals surface area contributed by atoms with Crippen LogP contribution in [0.3, 0.4) is 0 Å². The number of aromatic nitrogens is 2. The van der Waals surface area contributed by atoms with E-state index in [1.165, 1.54) is 0 Å². The SMILES string of the molecule is Cc1nc(-c2ccc(Cl)cc2)nc(N2CCN(C(=O)c3ccc4ccccc4c3)CC2)c1C. The lowest BCUT2D eigenvalue weighted by Crippen LogP contribution is -2.49. The van der Waals surface area contributed by atoms with E-state index in [0.29, 0.717) is 23.9 Å². The second-order valence-corrected chi connectivity index (χ2v) is 8.87. The molecule has 0 radical (unpaired) electrons. The number of halogens is 1. The number of fused-ring (bicyclic) bond motifs is 1. The van der Waals surface area contributed by atoms with E-state index in [-0.39, 0.29) is 5.91 Å². The molecule has 166 valence electrons. The summed E-state index contributed by atoms with van der Waals surface area (Å²) in [5.74, 6) is 1.71. The summed E-state index contributed by atoms with van der Waals surface area (Å²) in [5.41, 5.74) is 3.71. The van der Waals surface area contributed by atoms with Crippen molar-refractivity contribution in [2.75, 3.05) is 31.1 Å². The van der Waals surface area contributed by atoms with Crippen LogP contribution in [-0.2, 0) is 0 Å². The van der Waals surface area contributed by atoms with Crippen LogP contribution in [0.4, 0.5) is 5.82 Å². The Hall–Kier alpha value is -3.44. The smallest absolute Gasteiger partial charge is 0.253 e. The highest BCUT2D eigenvalue weighted by atomic mass is 35.5. The lowest BCUT2D eigenvalue weighted by molar-refractivity contribution is 0.0746. The number of hydrogen-bond acceptors (Lipinski definition) is 4. The number of amides is 1. The second kappa shape index (κ2) is 8.83. The molecule has 2 heterocycles. The highest BCUT2D eigenvalue weighted by Crippen LogP contribution is 2.26. The Labute approximate surface area is 198 Å². The van der Waals surface area contributed by atoms with Gasteiger partial charge >= 0.3 is 0 Å². The number of aryl methyl sites for hydroxylation is 1. The zero-order chi connectivity index (χ0) is 22.9. The number of nitrogens with zero attached hydrogens (tertiary/aromatic N) is 4. The first-order valence-electron chi connectivity index (χ1n) is 11.1. The first kappa shape index (κ1) is 21.4. The highest BCUT2D eigenvalue weighted by molar-refractivity contribution is 6.30. The fraction of sp³-hybridized carbons (Fsp3) is 0.222. The Bertz CT molecular complexity index is 1330. The minimum atomic E-state index is 0.0813. The summed E-state index contributed by atoms with van der Waals surface area (Å²) in [5, 5.41) is 2.92. The number of carbonyl (C=O) groups is 1. The summed E-state index contributed by atoms with van der Waals surface area (Å²) in [6.45, 7) is 6.85. The highest BCUT2D eigenvalue weighted by Gasteiger charge is 2.25. The monoisotopic (exact) mass is 456 g/mol. The standard InChI is InChI=1S/C27H25ClN4O/c1-18-19(2)29-25(21-9-11-24(28)12-10-21)30-26(18)31-13-15-32(16-14-31)27(33)23-8-7-20-5-3-4-6-22(20)17-23/h3-12,17H,13-16H2,1-2H3. The van der Waals surface area contributed by atoms with Gasteiger partial charge in [-0.2, -0.15) is 0 Å². The minimum Gasteiger partial charge on any atom is -0.353 e. The molecule has 4 aromatic rings. The summed E-state index contributed by atoms with van der Waals surface area (Å²) in [6.07, 6.45) is 0. The molecule has 1 amide bonds. The van der Waals surface area contributed by atoms with Crippen LogP contribution in [0.1, 0.15) is 21.6 Å². The number of anilines is 1. The number of hydrogen-bond donors (Lipinski definition) is 0. The van der Waals surface area contributed by atoms with Crippen molar-refractivity contribution in [2.24, 2.45) is 0 Å². The topological polar surface area (TPSA) is 49.3 Å². The van der Waals surface area contributed by atoms with Gasteiger partial charge in [-0.05, 0) is 61.0 Å². The van der Waals surface area contributed by atoms with E-state index in [0.717, 1.165) is 52.1 Å². The first-order chi connectivity index (χ1) is 16.0. The van der Waals surface area contributed by atoms with Crippen LogP contribution in [0, 0.1) is 13.8 Å². The first-order valence-corrected chi connectivity index (χ1v) is 11.5. The van der Waals surface area contributed by atoms with Crippen LogP contribution in [0.25, 0.3) is 22.2 Å². The van der Waals surface area contributed by atoms with Crippen molar-refractivity contribution in [3.05, 3.63) is 88.6 Å². The van der Waals surface area contributed by atoms with Crippen molar-refractivity contribution in [3.8, 4) is 11.4 Å². The fourth-order valence-corrected chi connectivity index (χ4v) is 4.40. The quantitative estimate of drug-likeness (QED) is 0.406. The van der Waals surface area contributed by atoms with Crippen molar-refractivity contribution in [2.45, 2.75) is 13.8 Å². The maximum Gasteiger partial charge on any atom is 0.253 e. The van der Waals surface area contributed by atoms with Gasteiger partial charge in [0.05, 0.1) is 0 Å². The number of piperazine rings is 1. The van der Waals surface area contributed by atoms with Crippen molar-refractivity contribution in [1.29, 1.82) is 0 Å². The van der Waals surface area contributed by atoms with Crippen LogP contribution in [0.2, 0.25) is 5.02 Å². The molecule has 0 unspecified atom stereocenters. The van der Waals surface area contributed by atoms with Crippen molar-refractivity contribution < 1.29 is 4.79 Å². The van der Waals surface area contributed by atoms with E-state index in [1.807, 2.05) is 72.5 Å². The molecule has 1 aromatic heterocycles. The molecule has 1 aliphatic heterocycles. The molecule has 0 saturated carbocycles. The molecule has 1 saturated heterocycles. The predicted molar refractivity (Wildman–Crippen MR) is 134 cm³/mol. The third-order valence-electron chi connectivity index (χ3n) is 6.33. The number of rotatable bonds is 3. The molecule has 5 rings (SSSR count). The molecule has 0 spiro atoms. The summed E-state index contributed by atoms with van der Waals surface area (Å²) >= 11 is 6.04. The Morgan fingerprint density at radius 3 is 2.27 bits per heavy atom. The van der Waals surface area contributed by atoms with Crippen molar-refractivity contribution in [1.82, 2.24) is 14.9 Å². The molecule has 0 N–H and O–H groups in total. The van der Waals surface area contributed by atoms with Gasteiger partial charge < -0.3 is 9.80 Å². The fourth-order valence-electron chi connectivity index (χ4n) is 4.28. The predicted octanol–water partition coefficient (Wildman–Crippen LogP) is 5.53. The normalized spacial score (nSPS) is 14.0. The number of carbonyl (C=O) groups excluding carboxylic acids is 1. The molecule has 1 fully saturated rings. The maximum atomic E-state index is 13.1. The van der Waals surface area contributed by atoms with Gasteiger partial charge in [0.25, 0.3) is 5.91 Å². The zero-order valence-corrected chi connectivity index (χ0v) is 19.5. The van der Waals surface area contributed by atoms with Gasteiger partial charge in [0.2, 0.25) is 0 Å². The summed E-state index contributed by atoms with van der Waals surface area (Å²) in [4.78, 5) is 26.9. The van der Waals surface area contributed by atoms with Crippen LogP contribution in [0.5, 0.6) is 0 Å². The third kappa shape index (κ3) is 4.29. The molecule has 33 heavy (non-hydrogen) atoms. The lowest BCUT2D eigenvalue weighted by Gasteiger charge is -2.36. The minimum absolute atomic E-state index is 0.0813. The van der Waals surface area contributed by atoms with E-state index >= 15 is 0 Å². The van der Waals surface area contributed by atoms with Gasteiger partial charge in [0.1, 0.15) is 5.82 Å². The van der Waals surface area contributed by atoms with Crippen molar-refractivity contribution in [3.63, 3.8) is 0 Å². The van der Waals surface area contributed by atoms with Crippen molar-refractivity contribution >= 4 is 34.1 Å². The van der Waals surface area contributed by atoms with Gasteiger partial charge in [0, 0.05) is 53.6 Å². The average Bonchev–Trinajstić information content (AvgIpc) is 2.85. The molecular formula is C27H25ClN4O. The van der Waals surface area contributed by atoms with E-state index in [2.05, 4.69) is 17.9 Å². The number of benzene rings is 3. The summed E-state index contributed by atoms with van der Waals surface area (Å²) in [6, 6.07) is 21.6. The molecule has 0 bridgehead atoms. The van der Waals surface area contributed by atoms with Crippen LogP contribution in [0.15, 0.2) is 66.7 Å². The van der Waals surface area contributed by atoms with Crippen LogP contribution in [-0.4, -0.2) is 47.0 Å². The van der Waals surface area contributed by atoms with Gasteiger partial charge in [-0.25, -0.2) is 9.97 Å². The molecule has 1 aliphatic rings. The average molecular weight is 457 g/mol. The van der Waals surface area contributed by atoms with E-state index < -0.39 is 0 Å². The van der Waals surface area contributed by atoms with Crippen LogP contribution < -0.4 is 4.90 Å². The second-order valence-electron chi connectivity index (χ2n) is 8.43. The van der Waals surface area contributed by atoms with E-state index in [9.17, 15) is 4.79 Å². The lowest BCUT2D eigenvalue weighted by atomic mass is 10.1. The Balaban J connectivity index is 1.34. The molecule has 5 nitrogen and oxygen atoms in total. The van der Waals surface area contributed by atoms with Gasteiger partial charge in [-0.3, -0.25) is 4.79 Å². The third-order valence-corrected chi connectivity index (χ3v) is 6.58. The van der Waals surface area contributed by atoms with Gasteiger partial charge in [-0.15, -0.1) is 0 Å². The molecule has 0 atom stereocenters. The van der Waals surface area contributed by atoms with Gasteiger partial charge in [-0.1, -0.05) is 41.9 Å².